The molecule has 0 amide bonds. The monoisotopic (exact) mass is 187 g/mol. The van der Waals surface area contributed by atoms with Crippen LogP contribution in [0.15, 0.2) is 11.3 Å². The summed E-state index contributed by atoms with van der Waals surface area (Å²) in [6.45, 7) is 0. The Labute approximate surface area is 71.0 Å². The SMILES string of the molecule is N#CC1=C(NS(N)(=O)=O)CCC1. The van der Waals surface area contributed by atoms with Gasteiger partial charge in [0.15, 0.2) is 0 Å². The van der Waals surface area contributed by atoms with Crippen molar-refractivity contribution in [2.45, 2.75) is 19.3 Å². The minimum atomic E-state index is -3.71. The third-order valence-corrected chi connectivity index (χ3v) is 2.15. The minimum Gasteiger partial charge on any atom is -0.274 e. The van der Waals surface area contributed by atoms with Gasteiger partial charge in [-0.3, -0.25) is 4.72 Å². The molecule has 5 nitrogen and oxygen atoms in total. The molecule has 1 rings (SSSR count). The lowest BCUT2D eigenvalue weighted by Gasteiger charge is -2.03. The summed E-state index contributed by atoms with van der Waals surface area (Å²) in [4.78, 5) is 0. The fourth-order valence-electron chi connectivity index (χ4n) is 1.15. The molecular formula is C6H9N3O2S. The van der Waals surface area contributed by atoms with E-state index in [4.69, 9.17) is 10.4 Å². The molecule has 0 radical (unpaired) electrons. The zero-order valence-corrected chi connectivity index (χ0v) is 7.19. The number of hydrogen-bond donors (Lipinski definition) is 2. The Kier molecular flexibility index (Phi) is 2.35. The van der Waals surface area contributed by atoms with Crippen LogP contribution in [0.3, 0.4) is 0 Å². The highest BCUT2D eigenvalue weighted by Gasteiger charge is 2.16. The Bertz CT molecular complexity index is 349. The van der Waals surface area contributed by atoms with E-state index in [2.05, 4.69) is 4.72 Å². The first kappa shape index (κ1) is 9.03. The molecule has 1 aliphatic rings. The van der Waals surface area contributed by atoms with Crippen molar-refractivity contribution in [2.75, 3.05) is 0 Å². The fourth-order valence-corrected chi connectivity index (χ4v) is 1.72. The van der Waals surface area contributed by atoms with Gasteiger partial charge in [0.25, 0.3) is 10.2 Å². The van der Waals surface area contributed by atoms with Gasteiger partial charge in [-0.25, -0.2) is 5.14 Å². The summed E-state index contributed by atoms with van der Waals surface area (Å²) in [5, 5.41) is 13.3. The van der Waals surface area contributed by atoms with Crippen LogP contribution in [0, 0.1) is 11.3 Å². The van der Waals surface area contributed by atoms with Gasteiger partial charge in [-0.15, -0.1) is 0 Å². The second kappa shape index (κ2) is 3.13. The van der Waals surface area contributed by atoms with Crippen molar-refractivity contribution >= 4 is 10.2 Å². The molecular weight excluding hydrogens is 178 g/mol. The van der Waals surface area contributed by atoms with E-state index in [1.165, 1.54) is 0 Å². The summed E-state index contributed by atoms with van der Waals surface area (Å²) < 4.78 is 23.3. The fraction of sp³-hybridized carbons (Fsp3) is 0.500. The molecule has 66 valence electrons. The first-order chi connectivity index (χ1) is 5.53. The van der Waals surface area contributed by atoms with Crippen LogP contribution >= 0.6 is 0 Å². The van der Waals surface area contributed by atoms with E-state index < -0.39 is 10.2 Å². The Morgan fingerprint density at radius 2 is 2.17 bits per heavy atom. The molecule has 12 heavy (non-hydrogen) atoms. The summed E-state index contributed by atoms with van der Waals surface area (Å²) in [6.07, 6.45) is 2.02. The lowest BCUT2D eigenvalue weighted by atomic mass is 10.2. The van der Waals surface area contributed by atoms with Gasteiger partial charge in [-0.2, -0.15) is 13.7 Å². The highest BCUT2D eigenvalue weighted by Crippen LogP contribution is 2.23. The Morgan fingerprint density at radius 1 is 1.50 bits per heavy atom. The molecule has 0 atom stereocenters. The van der Waals surface area contributed by atoms with E-state index in [1.807, 2.05) is 6.07 Å². The van der Waals surface area contributed by atoms with Crippen LogP contribution in [0.1, 0.15) is 19.3 Å². The number of hydrogen-bond acceptors (Lipinski definition) is 3. The normalized spacial score (nSPS) is 17.7. The first-order valence-electron chi connectivity index (χ1n) is 3.45. The van der Waals surface area contributed by atoms with E-state index in [-0.39, 0.29) is 0 Å². The van der Waals surface area contributed by atoms with Crippen molar-refractivity contribution < 1.29 is 8.42 Å². The largest absolute Gasteiger partial charge is 0.296 e. The van der Waals surface area contributed by atoms with E-state index >= 15 is 0 Å². The molecule has 0 heterocycles. The predicted molar refractivity (Wildman–Crippen MR) is 42.7 cm³/mol. The average molecular weight is 187 g/mol. The van der Waals surface area contributed by atoms with Gasteiger partial charge in [0.05, 0.1) is 6.07 Å². The molecule has 1 aliphatic carbocycles. The number of allylic oxidation sites excluding steroid dienone is 2. The Balaban J connectivity index is 2.83. The van der Waals surface area contributed by atoms with Crippen LogP contribution in [0.5, 0.6) is 0 Å². The van der Waals surface area contributed by atoms with Gasteiger partial charge in [0.1, 0.15) is 0 Å². The van der Waals surface area contributed by atoms with Gasteiger partial charge in [-0.05, 0) is 19.3 Å². The number of nitrogens with one attached hydrogen (secondary N) is 1. The summed E-state index contributed by atoms with van der Waals surface area (Å²) in [7, 11) is -3.71. The molecule has 3 N–H and O–H groups in total. The summed E-state index contributed by atoms with van der Waals surface area (Å²) in [6, 6.07) is 1.93. The highest BCUT2D eigenvalue weighted by atomic mass is 32.2. The molecule has 0 unspecified atom stereocenters. The van der Waals surface area contributed by atoms with Crippen LogP contribution in [0.4, 0.5) is 0 Å². The zero-order valence-electron chi connectivity index (χ0n) is 6.37. The topological polar surface area (TPSA) is 96.0 Å². The first-order valence-corrected chi connectivity index (χ1v) is 5.00. The molecule has 0 saturated carbocycles. The summed E-state index contributed by atoms with van der Waals surface area (Å²) in [5.74, 6) is 0. The molecule has 0 fully saturated rings. The van der Waals surface area contributed by atoms with Crippen molar-refractivity contribution in [3.8, 4) is 6.07 Å². The van der Waals surface area contributed by atoms with Crippen molar-refractivity contribution in [2.24, 2.45) is 5.14 Å². The summed E-state index contributed by atoms with van der Waals surface area (Å²) >= 11 is 0. The highest BCUT2D eigenvalue weighted by molar-refractivity contribution is 7.87. The maximum absolute atomic E-state index is 10.6. The maximum atomic E-state index is 10.6. The number of nitrogens with zero attached hydrogens (tertiary/aromatic N) is 1. The van der Waals surface area contributed by atoms with Crippen LogP contribution < -0.4 is 9.86 Å². The van der Waals surface area contributed by atoms with E-state index in [0.717, 1.165) is 6.42 Å². The molecule has 0 bridgehead atoms. The Hall–Kier alpha value is -1.06. The van der Waals surface area contributed by atoms with Crippen molar-refractivity contribution in [1.82, 2.24) is 4.72 Å². The molecule has 0 spiro atoms. The lowest BCUT2D eigenvalue weighted by molar-refractivity contribution is 0.589. The van der Waals surface area contributed by atoms with E-state index in [9.17, 15) is 8.42 Å². The van der Waals surface area contributed by atoms with Crippen molar-refractivity contribution in [3.05, 3.63) is 11.3 Å². The number of rotatable bonds is 2. The van der Waals surface area contributed by atoms with Crippen molar-refractivity contribution in [3.63, 3.8) is 0 Å². The number of nitriles is 1. The van der Waals surface area contributed by atoms with Crippen LogP contribution in [0.2, 0.25) is 0 Å². The molecule has 0 aliphatic heterocycles. The third kappa shape index (κ3) is 2.22. The van der Waals surface area contributed by atoms with Gasteiger partial charge in [0, 0.05) is 11.3 Å². The van der Waals surface area contributed by atoms with Gasteiger partial charge in [-0.1, -0.05) is 0 Å². The van der Waals surface area contributed by atoms with Crippen LogP contribution in [-0.2, 0) is 10.2 Å². The second-order valence-corrected chi connectivity index (χ2v) is 3.86. The van der Waals surface area contributed by atoms with Crippen LogP contribution in [-0.4, -0.2) is 8.42 Å². The second-order valence-electron chi connectivity index (χ2n) is 2.57. The minimum absolute atomic E-state index is 0.444. The van der Waals surface area contributed by atoms with Gasteiger partial charge < -0.3 is 0 Å². The molecule has 0 aromatic rings. The zero-order chi connectivity index (χ0) is 9.19. The average Bonchev–Trinajstić information content (AvgIpc) is 2.31. The van der Waals surface area contributed by atoms with Crippen molar-refractivity contribution in [1.29, 1.82) is 5.26 Å². The van der Waals surface area contributed by atoms with Gasteiger partial charge in [0.2, 0.25) is 0 Å². The van der Waals surface area contributed by atoms with Gasteiger partial charge >= 0.3 is 0 Å². The lowest BCUT2D eigenvalue weighted by Crippen LogP contribution is -2.30. The molecule has 6 heteroatoms. The standard InChI is InChI=1S/C6H9N3O2S/c7-4-5-2-1-3-6(5)9-12(8,10)11/h9H,1-3H2,(H2,8,10,11). The number of nitrogens with two attached hydrogens (primary N) is 1. The molecule has 0 aromatic carbocycles. The third-order valence-electron chi connectivity index (χ3n) is 1.62. The van der Waals surface area contributed by atoms with E-state index in [0.29, 0.717) is 24.1 Å². The Morgan fingerprint density at radius 3 is 2.67 bits per heavy atom. The molecule has 0 aromatic heterocycles. The quantitative estimate of drug-likeness (QED) is 0.623. The predicted octanol–water partition coefficient (Wildman–Crippen LogP) is -0.259. The summed E-state index contributed by atoms with van der Waals surface area (Å²) in [5.41, 5.74) is 0.934. The van der Waals surface area contributed by atoms with Crippen LogP contribution in [0.25, 0.3) is 0 Å². The molecule has 0 saturated heterocycles. The van der Waals surface area contributed by atoms with E-state index in [1.54, 1.807) is 0 Å². The smallest absolute Gasteiger partial charge is 0.274 e. The maximum Gasteiger partial charge on any atom is 0.296 e.